The van der Waals surface area contributed by atoms with Gasteiger partial charge in [0.25, 0.3) is 0 Å². The van der Waals surface area contributed by atoms with Gasteiger partial charge in [-0.2, -0.15) is 0 Å². The van der Waals surface area contributed by atoms with Gasteiger partial charge in [-0.25, -0.2) is 0 Å². The minimum atomic E-state index is 0.00556. The summed E-state index contributed by atoms with van der Waals surface area (Å²) in [5, 5.41) is 2.05. The number of pyridine rings is 1. The predicted molar refractivity (Wildman–Crippen MR) is 60.8 cm³/mol. The van der Waals surface area contributed by atoms with Crippen LogP contribution in [0.2, 0.25) is 0 Å². The van der Waals surface area contributed by atoms with Crippen molar-refractivity contribution < 1.29 is 0 Å². The van der Waals surface area contributed by atoms with E-state index in [1.54, 1.807) is 18.3 Å². The molecule has 4 nitrogen and oxygen atoms in total. The lowest BCUT2D eigenvalue weighted by Crippen LogP contribution is -1.93. The summed E-state index contributed by atoms with van der Waals surface area (Å²) in [4.78, 5) is 17.3. The summed E-state index contributed by atoms with van der Waals surface area (Å²) >= 11 is 0. The summed E-state index contributed by atoms with van der Waals surface area (Å²) < 4.78 is 0. The van der Waals surface area contributed by atoms with Crippen LogP contribution < -0.4 is 11.2 Å². The SMILES string of the molecule is Nc1cc2c(c[nH]1)[nH]c1cc(=O)ccc12. The van der Waals surface area contributed by atoms with E-state index in [0.717, 1.165) is 21.8 Å². The Morgan fingerprint density at radius 3 is 2.80 bits per heavy atom. The summed E-state index contributed by atoms with van der Waals surface area (Å²) in [7, 11) is 0. The number of anilines is 1. The minimum Gasteiger partial charge on any atom is -0.385 e. The highest BCUT2D eigenvalue weighted by Gasteiger charge is 2.04. The molecule has 1 aromatic carbocycles. The van der Waals surface area contributed by atoms with Crippen LogP contribution in [0.4, 0.5) is 5.82 Å². The maximum Gasteiger partial charge on any atom is 0.180 e. The van der Waals surface area contributed by atoms with Crippen molar-refractivity contribution in [3.63, 3.8) is 0 Å². The van der Waals surface area contributed by atoms with Crippen LogP contribution >= 0.6 is 0 Å². The van der Waals surface area contributed by atoms with Gasteiger partial charge >= 0.3 is 0 Å². The number of nitrogens with two attached hydrogens (primary N) is 1. The molecule has 0 unspecified atom stereocenters. The van der Waals surface area contributed by atoms with Crippen LogP contribution in [-0.4, -0.2) is 9.97 Å². The standard InChI is InChI=1S/C11H9N3O/c12-11-4-8-7-2-1-6(15)3-9(7)14-10(8)5-13-11/h1-5,13-14H,12H2. The van der Waals surface area contributed by atoms with Crippen molar-refractivity contribution in [3.05, 3.63) is 40.7 Å². The zero-order valence-corrected chi connectivity index (χ0v) is 7.87. The number of nitrogen functional groups attached to an aromatic ring is 1. The molecule has 74 valence electrons. The van der Waals surface area contributed by atoms with Gasteiger partial charge in [0, 0.05) is 23.0 Å². The Kier molecular flexibility index (Phi) is 1.42. The second-order valence-corrected chi connectivity index (χ2v) is 3.55. The Hall–Kier alpha value is -2.23. The maximum atomic E-state index is 11.2. The second kappa shape index (κ2) is 2.63. The first-order valence-corrected chi connectivity index (χ1v) is 4.64. The molecule has 4 N–H and O–H groups in total. The van der Waals surface area contributed by atoms with Crippen LogP contribution in [0.15, 0.2) is 35.3 Å². The fraction of sp³-hybridized carbons (Fsp3) is 0. The van der Waals surface area contributed by atoms with E-state index >= 15 is 0 Å². The molecule has 15 heavy (non-hydrogen) atoms. The van der Waals surface area contributed by atoms with Crippen molar-refractivity contribution in [3.8, 4) is 0 Å². The highest BCUT2D eigenvalue weighted by molar-refractivity contribution is 6.07. The van der Waals surface area contributed by atoms with Crippen LogP contribution in [0.1, 0.15) is 0 Å². The van der Waals surface area contributed by atoms with Crippen LogP contribution in [0, 0.1) is 0 Å². The molecule has 0 fully saturated rings. The molecule has 3 aromatic rings. The molecule has 2 heterocycles. The van der Waals surface area contributed by atoms with Crippen molar-refractivity contribution >= 4 is 27.6 Å². The topological polar surface area (TPSA) is 74.7 Å². The van der Waals surface area contributed by atoms with E-state index in [0.29, 0.717) is 5.82 Å². The molecular weight excluding hydrogens is 190 g/mol. The first-order valence-electron chi connectivity index (χ1n) is 4.64. The molecule has 0 aliphatic heterocycles. The molecule has 2 aromatic heterocycles. The van der Waals surface area contributed by atoms with Gasteiger partial charge in [-0.3, -0.25) is 4.79 Å². The number of rotatable bonds is 0. The van der Waals surface area contributed by atoms with Gasteiger partial charge in [-0.05, 0) is 18.2 Å². The van der Waals surface area contributed by atoms with Gasteiger partial charge in [-0.15, -0.1) is 0 Å². The monoisotopic (exact) mass is 199 g/mol. The Morgan fingerprint density at radius 1 is 1.07 bits per heavy atom. The van der Waals surface area contributed by atoms with E-state index < -0.39 is 0 Å². The number of aromatic amines is 2. The van der Waals surface area contributed by atoms with Crippen LogP contribution in [0.5, 0.6) is 0 Å². The number of nitrogens with one attached hydrogen (secondary N) is 2. The summed E-state index contributed by atoms with van der Waals surface area (Å²) in [5.41, 5.74) is 7.47. The zero-order valence-electron chi connectivity index (χ0n) is 7.87. The highest BCUT2D eigenvalue weighted by Crippen LogP contribution is 2.24. The molecule has 0 spiro atoms. The molecule has 0 bridgehead atoms. The Labute approximate surface area is 84.7 Å². The molecule has 0 atom stereocenters. The number of H-pyrrole nitrogens is 2. The van der Waals surface area contributed by atoms with Crippen molar-refractivity contribution in [2.45, 2.75) is 0 Å². The fourth-order valence-electron chi connectivity index (χ4n) is 1.84. The minimum absolute atomic E-state index is 0.00556. The average Bonchev–Trinajstić information content (AvgIpc) is 2.54. The maximum absolute atomic E-state index is 11.2. The lowest BCUT2D eigenvalue weighted by Gasteiger charge is -1.93. The van der Waals surface area contributed by atoms with Crippen molar-refractivity contribution in [1.82, 2.24) is 9.97 Å². The van der Waals surface area contributed by atoms with Crippen LogP contribution in [0.3, 0.4) is 0 Å². The van der Waals surface area contributed by atoms with Crippen LogP contribution in [-0.2, 0) is 0 Å². The smallest absolute Gasteiger partial charge is 0.180 e. The third-order valence-electron chi connectivity index (χ3n) is 2.52. The molecule has 0 aliphatic carbocycles. The van der Waals surface area contributed by atoms with Gasteiger partial charge in [0.1, 0.15) is 5.82 Å². The normalized spacial score (nSPS) is 11.2. The van der Waals surface area contributed by atoms with E-state index in [1.165, 1.54) is 0 Å². The second-order valence-electron chi connectivity index (χ2n) is 3.55. The summed E-state index contributed by atoms with van der Waals surface area (Å²) in [5.74, 6) is 0.606. The summed E-state index contributed by atoms with van der Waals surface area (Å²) in [6.45, 7) is 0. The Balaban J connectivity index is 2.58. The predicted octanol–water partition coefficient (Wildman–Crippen LogP) is 1.59. The van der Waals surface area contributed by atoms with Gasteiger partial charge < -0.3 is 15.7 Å². The molecule has 0 amide bonds. The number of hydrogen-bond acceptors (Lipinski definition) is 2. The Morgan fingerprint density at radius 2 is 1.93 bits per heavy atom. The lowest BCUT2D eigenvalue weighted by molar-refractivity contribution is 1.35. The van der Waals surface area contributed by atoms with Crippen molar-refractivity contribution in [2.24, 2.45) is 0 Å². The van der Waals surface area contributed by atoms with Gasteiger partial charge in [0.2, 0.25) is 0 Å². The third kappa shape index (κ3) is 1.11. The molecule has 3 rings (SSSR count). The molecule has 0 saturated carbocycles. The lowest BCUT2D eigenvalue weighted by atomic mass is 10.2. The molecule has 0 aliphatic rings. The number of benzene rings is 1. The molecule has 0 radical (unpaired) electrons. The molecular formula is C11H9N3O. The average molecular weight is 199 g/mol. The zero-order chi connectivity index (χ0) is 10.4. The van der Waals surface area contributed by atoms with Gasteiger partial charge in [0.05, 0.1) is 11.0 Å². The first kappa shape index (κ1) is 8.11. The van der Waals surface area contributed by atoms with Gasteiger partial charge in [-0.1, -0.05) is 0 Å². The highest BCUT2D eigenvalue weighted by atomic mass is 16.1. The number of fused-ring (bicyclic) bond motifs is 3. The van der Waals surface area contributed by atoms with Crippen molar-refractivity contribution in [2.75, 3.05) is 5.73 Å². The fourth-order valence-corrected chi connectivity index (χ4v) is 1.84. The first-order chi connectivity index (χ1) is 7.24. The largest absolute Gasteiger partial charge is 0.385 e. The summed E-state index contributed by atoms with van der Waals surface area (Å²) in [6, 6.07) is 6.82. The Bertz CT molecular complexity index is 708. The van der Waals surface area contributed by atoms with E-state index in [2.05, 4.69) is 9.97 Å². The van der Waals surface area contributed by atoms with E-state index in [-0.39, 0.29) is 5.43 Å². The molecule has 4 heteroatoms. The number of hydrogen-bond donors (Lipinski definition) is 3. The van der Waals surface area contributed by atoms with E-state index in [9.17, 15) is 4.79 Å². The van der Waals surface area contributed by atoms with E-state index in [4.69, 9.17) is 5.73 Å². The quantitative estimate of drug-likeness (QED) is 0.514. The third-order valence-corrected chi connectivity index (χ3v) is 2.52. The van der Waals surface area contributed by atoms with E-state index in [1.807, 2.05) is 12.1 Å². The molecule has 0 saturated heterocycles. The van der Waals surface area contributed by atoms with Crippen LogP contribution in [0.25, 0.3) is 21.8 Å². The van der Waals surface area contributed by atoms with Gasteiger partial charge in [0.15, 0.2) is 5.43 Å². The van der Waals surface area contributed by atoms with Crippen molar-refractivity contribution in [1.29, 1.82) is 0 Å². The summed E-state index contributed by atoms with van der Waals surface area (Å²) in [6.07, 6.45) is 1.80. The number of aromatic nitrogens is 2.